The van der Waals surface area contributed by atoms with Crippen molar-refractivity contribution < 1.29 is 9.90 Å². The topological polar surface area (TPSA) is 105 Å². The van der Waals surface area contributed by atoms with Gasteiger partial charge in [0.25, 0.3) is 0 Å². The van der Waals surface area contributed by atoms with Crippen molar-refractivity contribution in [3.63, 3.8) is 0 Å². The number of aromatic nitrogens is 2. The molecule has 2 aromatic carbocycles. The van der Waals surface area contributed by atoms with E-state index in [4.69, 9.17) is 22.3 Å². The van der Waals surface area contributed by atoms with Crippen molar-refractivity contribution in [3.8, 4) is 0 Å². The molecule has 10 heteroatoms. The second kappa shape index (κ2) is 7.68. The average Bonchev–Trinajstić information content (AvgIpc) is 3.19. The Labute approximate surface area is 192 Å². The molecule has 0 saturated carbocycles. The van der Waals surface area contributed by atoms with E-state index in [9.17, 15) is 14.7 Å². The molecule has 0 radical (unpaired) electrons. The number of aryl methyl sites for hydroxylation is 1. The highest BCUT2D eigenvalue weighted by Crippen LogP contribution is 2.33. The SMILES string of the molecule is Cn1cc(C(=O)O)c(=O)c2cc(N)c(N3CCN(c4nc5cc(Cl)ccc5s4)CC3)cc21. The van der Waals surface area contributed by atoms with Crippen LogP contribution in [0.25, 0.3) is 21.1 Å². The first-order chi connectivity index (χ1) is 15.3. The number of benzene rings is 2. The van der Waals surface area contributed by atoms with Crippen LogP contribution in [0.4, 0.5) is 16.5 Å². The quantitative estimate of drug-likeness (QED) is 0.443. The van der Waals surface area contributed by atoms with Gasteiger partial charge in [-0.25, -0.2) is 9.78 Å². The van der Waals surface area contributed by atoms with Crippen molar-refractivity contribution in [2.24, 2.45) is 7.05 Å². The van der Waals surface area contributed by atoms with E-state index in [0.717, 1.165) is 47.2 Å². The molecule has 0 atom stereocenters. The lowest BCUT2D eigenvalue weighted by molar-refractivity contribution is 0.0695. The molecule has 8 nitrogen and oxygen atoms in total. The van der Waals surface area contributed by atoms with Gasteiger partial charge in [-0.05, 0) is 30.3 Å². The summed E-state index contributed by atoms with van der Waals surface area (Å²) in [5, 5.41) is 11.2. The third-order valence-corrected chi connectivity index (χ3v) is 7.13. The van der Waals surface area contributed by atoms with Crippen molar-refractivity contribution >= 4 is 66.5 Å². The molecule has 3 N–H and O–H groups in total. The highest BCUT2D eigenvalue weighted by Gasteiger charge is 2.23. The molecule has 0 spiro atoms. The predicted molar refractivity (Wildman–Crippen MR) is 130 cm³/mol. The number of carbonyl (C=O) groups is 1. The molecule has 0 unspecified atom stereocenters. The number of nitrogens with two attached hydrogens (primary N) is 1. The van der Waals surface area contributed by atoms with Crippen LogP contribution in [0.2, 0.25) is 5.02 Å². The second-order valence-electron chi connectivity index (χ2n) is 7.80. The summed E-state index contributed by atoms with van der Waals surface area (Å²) in [5.74, 6) is -1.25. The Morgan fingerprint density at radius 2 is 1.88 bits per heavy atom. The molecule has 1 aliphatic heterocycles. The molecular formula is C22H20ClN5O3S. The Balaban J connectivity index is 1.42. The summed E-state index contributed by atoms with van der Waals surface area (Å²) in [6, 6.07) is 9.20. The van der Waals surface area contributed by atoms with Crippen LogP contribution in [0, 0.1) is 0 Å². The van der Waals surface area contributed by atoms with E-state index in [1.807, 2.05) is 24.3 Å². The van der Waals surface area contributed by atoms with Crippen LogP contribution in [0.3, 0.4) is 0 Å². The number of aromatic carboxylic acids is 1. The number of thiazole rings is 1. The number of rotatable bonds is 3. The molecule has 1 saturated heterocycles. The number of anilines is 3. The number of pyridine rings is 1. The fourth-order valence-corrected chi connectivity index (χ4v) is 5.29. The van der Waals surface area contributed by atoms with Crippen molar-refractivity contribution in [2.75, 3.05) is 41.7 Å². The van der Waals surface area contributed by atoms with Gasteiger partial charge in [-0.15, -0.1) is 0 Å². The van der Waals surface area contributed by atoms with Gasteiger partial charge in [-0.3, -0.25) is 4.79 Å². The second-order valence-corrected chi connectivity index (χ2v) is 9.24. The van der Waals surface area contributed by atoms with Crippen LogP contribution in [-0.4, -0.2) is 46.8 Å². The van der Waals surface area contributed by atoms with Crippen LogP contribution < -0.4 is 21.0 Å². The first-order valence-electron chi connectivity index (χ1n) is 10.0. The van der Waals surface area contributed by atoms with E-state index >= 15 is 0 Å². The van der Waals surface area contributed by atoms with Crippen molar-refractivity contribution in [2.45, 2.75) is 0 Å². The number of nitrogens with zero attached hydrogens (tertiary/aromatic N) is 4. The number of nitrogen functional groups attached to an aromatic ring is 1. The summed E-state index contributed by atoms with van der Waals surface area (Å²) in [6.07, 6.45) is 1.35. The molecular weight excluding hydrogens is 450 g/mol. The maximum atomic E-state index is 12.6. The van der Waals surface area contributed by atoms with Gasteiger partial charge in [-0.2, -0.15) is 0 Å². The Bertz CT molecular complexity index is 1440. The van der Waals surface area contributed by atoms with Crippen molar-refractivity contribution in [1.29, 1.82) is 0 Å². The van der Waals surface area contributed by atoms with Gasteiger partial charge >= 0.3 is 5.97 Å². The summed E-state index contributed by atoms with van der Waals surface area (Å²) in [7, 11) is 1.73. The number of carboxylic acids is 1. The first kappa shape index (κ1) is 20.6. The lowest BCUT2D eigenvalue weighted by atomic mass is 10.1. The maximum absolute atomic E-state index is 12.6. The van der Waals surface area contributed by atoms with Gasteiger partial charge in [0.15, 0.2) is 5.13 Å². The maximum Gasteiger partial charge on any atom is 0.341 e. The minimum Gasteiger partial charge on any atom is -0.477 e. The van der Waals surface area contributed by atoms with Crippen molar-refractivity contribution in [3.05, 3.63) is 57.3 Å². The van der Waals surface area contributed by atoms with E-state index < -0.39 is 11.4 Å². The van der Waals surface area contributed by atoms with Crippen LogP contribution in [0.1, 0.15) is 10.4 Å². The Morgan fingerprint density at radius 3 is 2.59 bits per heavy atom. The zero-order chi connectivity index (χ0) is 22.6. The Kier molecular flexibility index (Phi) is 4.94. The fraction of sp³-hybridized carbons (Fsp3) is 0.227. The van der Waals surface area contributed by atoms with Gasteiger partial charge in [0.05, 0.1) is 27.1 Å². The predicted octanol–water partition coefficient (Wildman–Crippen LogP) is 3.41. The molecule has 5 rings (SSSR count). The van der Waals surface area contributed by atoms with E-state index in [1.54, 1.807) is 29.0 Å². The monoisotopic (exact) mass is 469 g/mol. The highest BCUT2D eigenvalue weighted by atomic mass is 35.5. The molecule has 0 bridgehead atoms. The van der Waals surface area contributed by atoms with Crippen LogP contribution in [-0.2, 0) is 7.05 Å². The van der Waals surface area contributed by atoms with E-state index in [2.05, 4.69) is 9.80 Å². The molecule has 164 valence electrons. The number of hydrogen-bond acceptors (Lipinski definition) is 7. The Morgan fingerprint density at radius 1 is 1.16 bits per heavy atom. The van der Waals surface area contributed by atoms with Crippen LogP contribution in [0.15, 0.2) is 41.3 Å². The fourth-order valence-electron chi connectivity index (χ4n) is 4.12. The highest BCUT2D eigenvalue weighted by molar-refractivity contribution is 7.22. The van der Waals surface area contributed by atoms with Crippen LogP contribution >= 0.6 is 22.9 Å². The molecule has 0 amide bonds. The van der Waals surface area contributed by atoms with Gasteiger partial charge in [0.1, 0.15) is 5.56 Å². The molecule has 2 aromatic heterocycles. The molecule has 0 aliphatic carbocycles. The first-order valence-corrected chi connectivity index (χ1v) is 11.2. The number of fused-ring (bicyclic) bond motifs is 2. The summed E-state index contributed by atoms with van der Waals surface area (Å²) in [6.45, 7) is 3.05. The third-order valence-electron chi connectivity index (χ3n) is 5.80. The van der Waals surface area contributed by atoms with E-state index in [1.165, 1.54) is 6.20 Å². The number of hydrogen-bond donors (Lipinski definition) is 2. The smallest absolute Gasteiger partial charge is 0.341 e. The summed E-state index contributed by atoms with van der Waals surface area (Å²) in [5.41, 5.74) is 8.36. The standard InChI is InChI=1S/C22H20ClN5O3S/c1-26-11-14(21(30)31)20(29)13-9-15(24)18(10-17(13)26)27-4-6-28(7-5-27)22-25-16-8-12(23)2-3-19(16)32-22/h2-3,8-11H,4-7,24H2,1H3,(H,30,31). The molecule has 32 heavy (non-hydrogen) atoms. The normalized spacial score (nSPS) is 14.4. The lowest BCUT2D eigenvalue weighted by Gasteiger charge is -2.36. The third kappa shape index (κ3) is 3.43. The summed E-state index contributed by atoms with van der Waals surface area (Å²) < 4.78 is 2.76. The van der Waals surface area contributed by atoms with E-state index in [-0.39, 0.29) is 5.56 Å². The molecule has 4 aromatic rings. The van der Waals surface area contributed by atoms with Gasteiger partial charge in [0.2, 0.25) is 5.43 Å². The number of piperazine rings is 1. The number of halogens is 1. The largest absolute Gasteiger partial charge is 0.477 e. The molecule has 3 heterocycles. The average molecular weight is 470 g/mol. The minimum atomic E-state index is -1.25. The zero-order valence-electron chi connectivity index (χ0n) is 17.2. The Hall–Kier alpha value is -3.30. The molecule has 1 fully saturated rings. The van der Waals surface area contributed by atoms with Crippen molar-refractivity contribution in [1.82, 2.24) is 9.55 Å². The molecule has 1 aliphatic rings. The van der Waals surface area contributed by atoms with Gasteiger partial charge in [0, 0.05) is 49.8 Å². The van der Waals surface area contributed by atoms with Crippen LogP contribution in [0.5, 0.6) is 0 Å². The van der Waals surface area contributed by atoms with Gasteiger partial charge in [-0.1, -0.05) is 22.9 Å². The lowest BCUT2D eigenvalue weighted by Crippen LogP contribution is -2.46. The summed E-state index contributed by atoms with van der Waals surface area (Å²) >= 11 is 7.73. The minimum absolute atomic E-state index is 0.266. The number of carboxylic acid groups (broad SMARTS) is 1. The zero-order valence-corrected chi connectivity index (χ0v) is 18.8. The summed E-state index contributed by atoms with van der Waals surface area (Å²) in [4.78, 5) is 33.1. The van der Waals surface area contributed by atoms with E-state index in [0.29, 0.717) is 21.6 Å². The van der Waals surface area contributed by atoms with Gasteiger partial charge < -0.3 is 25.2 Å².